The maximum absolute atomic E-state index is 10.6. The number of carboxylic acids is 2. The van der Waals surface area contributed by atoms with Crippen LogP contribution in [0.4, 0.5) is 0 Å². The molecule has 0 aromatic carbocycles. The fourth-order valence-corrected chi connectivity index (χ4v) is 4.43. The third kappa shape index (κ3) is 25.5. The van der Waals surface area contributed by atoms with Gasteiger partial charge in [-0.05, 0) is 31.6 Å². The normalized spacial score (nSPS) is 11.4. The summed E-state index contributed by atoms with van der Waals surface area (Å²) in [5.41, 5.74) is 0.731. The first-order valence-electron chi connectivity index (χ1n) is 15.1. The van der Waals surface area contributed by atoms with E-state index in [9.17, 15) is 9.59 Å². The van der Waals surface area contributed by atoms with Crippen LogP contribution < -0.4 is 0 Å². The summed E-state index contributed by atoms with van der Waals surface area (Å²) in [4.78, 5) is 21.2. The van der Waals surface area contributed by atoms with E-state index in [1.165, 1.54) is 103 Å². The second-order valence-electron chi connectivity index (χ2n) is 10.4. The highest BCUT2D eigenvalue weighted by molar-refractivity contribution is 5.86. The molecule has 0 rings (SSSR count). The average Bonchev–Trinajstić information content (AvgIpc) is 2.86. The maximum Gasteiger partial charge on any atom is 0.331 e. The monoisotopic (exact) mass is 508 g/mol. The SMILES string of the molecule is C=C(C(=O)O)C(CC)CCCCC.C=C(CCCCCCCCCCCCCCCCCC)C(=O)O. The zero-order valence-electron chi connectivity index (χ0n) is 24.3. The van der Waals surface area contributed by atoms with Crippen LogP contribution in [0.3, 0.4) is 0 Å². The molecule has 1 unspecified atom stereocenters. The summed E-state index contributed by atoms with van der Waals surface area (Å²) in [7, 11) is 0. The molecule has 0 saturated carbocycles. The van der Waals surface area contributed by atoms with Gasteiger partial charge in [0.2, 0.25) is 0 Å². The van der Waals surface area contributed by atoms with E-state index in [0.717, 1.165) is 32.1 Å². The van der Waals surface area contributed by atoms with E-state index in [2.05, 4.69) is 27.0 Å². The Morgan fingerprint density at radius 3 is 1.25 bits per heavy atom. The van der Waals surface area contributed by atoms with Gasteiger partial charge >= 0.3 is 11.9 Å². The van der Waals surface area contributed by atoms with Crippen LogP contribution in [0.5, 0.6) is 0 Å². The molecule has 0 aliphatic rings. The lowest BCUT2D eigenvalue weighted by Gasteiger charge is -2.13. The average molecular weight is 509 g/mol. The minimum absolute atomic E-state index is 0.170. The standard InChI is InChI=1S/C21H40O2.C11H20O2/c1-3-4-5-6-7-8-9-10-11-12-13-14-15-16-17-18-19-20(2)21(22)23;1-4-6-7-8-10(5-2)9(3)11(12)13/h2-19H2,1H3,(H,22,23);10H,3-8H2,1-2H3,(H,12,13). The molecule has 4 heteroatoms. The van der Waals surface area contributed by atoms with Gasteiger partial charge in [-0.2, -0.15) is 0 Å². The van der Waals surface area contributed by atoms with Crippen LogP contribution in [-0.4, -0.2) is 22.2 Å². The first-order valence-corrected chi connectivity index (χ1v) is 15.1. The number of carboxylic acid groups (broad SMARTS) is 2. The van der Waals surface area contributed by atoms with E-state index in [-0.39, 0.29) is 5.92 Å². The van der Waals surface area contributed by atoms with Crippen molar-refractivity contribution in [3.8, 4) is 0 Å². The lowest BCUT2D eigenvalue weighted by molar-refractivity contribution is -0.134. The van der Waals surface area contributed by atoms with Gasteiger partial charge in [0.25, 0.3) is 0 Å². The van der Waals surface area contributed by atoms with Gasteiger partial charge in [0, 0.05) is 11.1 Å². The van der Waals surface area contributed by atoms with Crippen molar-refractivity contribution in [3.63, 3.8) is 0 Å². The van der Waals surface area contributed by atoms with Crippen molar-refractivity contribution in [3.05, 3.63) is 24.3 Å². The number of hydrogen-bond donors (Lipinski definition) is 2. The summed E-state index contributed by atoms with van der Waals surface area (Å²) < 4.78 is 0. The molecule has 212 valence electrons. The molecule has 0 saturated heterocycles. The molecule has 0 aliphatic carbocycles. The summed E-state index contributed by atoms with van der Waals surface area (Å²) in [6.07, 6.45) is 27.5. The molecule has 0 heterocycles. The second-order valence-corrected chi connectivity index (χ2v) is 10.4. The van der Waals surface area contributed by atoms with Gasteiger partial charge in [0.15, 0.2) is 0 Å². The van der Waals surface area contributed by atoms with Gasteiger partial charge in [-0.1, -0.05) is 150 Å². The van der Waals surface area contributed by atoms with Crippen LogP contribution in [0.25, 0.3) is 0 Å². The van der Waals surface area contributed by atoms with Crippen LogP contribution in [-0.2, 0) is 9.59 Å². The Morgan fingerprint density at radius 2 is 0.917 bits per heavy atom. The van der Waals surface area contributed by atoms with Crippen molar-refractivity contribution in [1.29, 1.82) is 0 Å². The third-order valence-electron chi connectivity index (χ3n) is 7.05. The van der Waals surface area contributed by atoms with Gasteiger partial charge in [-0.15, -0.1) is 0 Å². The van der Waals surface area contributed by atoms with Crippen LogP contribution in [0.15, 0.2) is 24.3 Å². The predicted molar refractivity (Wildman–Crippen MR) is 156 cm³/mol. The molecule has 0 radical (unpaired) electrons. The van der Waals surface area contributed by atoms with Crippen LogP contribution in [0.1, 0.15) is 162 Å². The van der Waals surface area contributed by atoms with Gasteiger partial charge in [-0.3, -0.25) is 0 Å². The molecular formula is C32H60O4. The third-order valence-corrected chi connectivity index (χ3v) is 7.05. The molecule has 0 amide bonds. The Kier molecular flexibility index (Phi) is 28.4. The number of unbranched alkanes of at least 4 members (excludes halogenated alkanes) is 17. The van der Waals surface area contributed by atoms with Crippen molar-refractivity contribution in [2.24, 2.45) is 5.92 Å². The first kappa shape index (κ1) is 36.6. The van der Waals surface area contributed by atoms with Gasteiger partial charge in [0.05, 0.1) is 0 Å². The summed E-state index contributed by atoms with van der Waals surface area (Å²) in [6, 6.07) is 0. The number of rotatable bonds is 25. The molecule has 0 spiro atoms. The minimum atomic E-state index is -0.844. The molecule has 0 aliphatic heterocycles. The summed E-state index contributed by atoms with van der Waals surface area (Å²) in [5.74, 6) is -1.52. The van der Waals surface area contributed by atoms with Crippen molar-refractivity contribution in [1.82, 2.24) is 0 Å². The van der Waals surface area contributed by atoms with Gasteiger partial charge < -0.3 is 10.2 Å². The molecular weight excluding hydrogens is 448 g/mol. The predicted octanol–water partition coefficient (Wildman–Crippen LogP) is 10.5. The Balaban J connectivity index is 0. The quantitative estimate of drug-likeness (QED) is 0.0949. The van der Waals surface area contributed by atoms with E-state index in [0.29, 0.717) is 17.6 Å². The lowest BCUT2D eigenvalue weighted by atomic mass is 9.92. The van der Waals surface area contributed by atoms with Gasteiger partial charge in [0.1, 0.15) is 0 Å². The number of hydrogen-bond acceptors (Lipinski definition) is 2. The fourth-order valence-electron chi connectivity index (χ4n) is 4.43. The van der Waals surface area contributed by atoms with Crippen LogP contribution in [0.2, 0.25) is 0 Å². The van der Waals surface area contributed by atoms with E-state index >= 15 is 0 Å². The van der Waals surface area contributed by atoms with E-state index < -0.39 is 11.9 Å². The largest absolute Gasteiger partial charge is 0.478 e. The Labute approximate surface area is 224 Å². The highest BCUT2D eigenvalue weighted by Crippen LogP contribution is 2.21. The maximum atomic E-state index is 10.6. The molecule has 4 nitrogen and oxygen atoms in total. The highest BCUT2D eigenvalue weighted by atomic mass is 16.4. The van der Waals surface area contributed by atoms with E-state index in [1.54, 1.807) is 0 Å². The van der Waals surface area contributed by atoms with Crippen molar-refractivity contribution < 1.29 is 19.8 Å². The molecule has 0 fully saturated rings. The van der Waals surface area contributed by atoms with E-state index in [4.69, 9.17) is 10.2 Å². The Morgan fingerprint density at radius 1 is 0.556 bits per heavy atom. The lowest BCUT2D eigenvalue weighted by Crippen LogP contribution is -2.10. The molecule has 0 bridgehead atoms. The van der Waals surface area contributed by atoms with Gasteiger partial charge in [-0.25, -0.2) is 9.59 Å². The number of carbonyl (C=O) groups is 2. The smallest absolute Gasteiger partial charge is 0.331 e. The van der Waals surface area contributed by atoms with Crippen LogP contribution >= 0.6 is 0 Å². The molecule has 0 aromatic heterocycles. The molecule has 2 N–H and O–H groups in total. The Bertz CT molecular complexity index is 552. The zero-order valence-corrected chi connectivity index (χ0v) is 24.3. The van der Waals surface area contributed by atoms with Crippen LogP contribution in [0, 0.1) is 5.92 Å². The van der Waals surface area contributed by atoms with Crippen molar-refractivity contribution >= 4 is 11.9 Å². The zero-order chi connectivity index (χ0) is 27.4. The highest BCUT2D eigenvalue weighted by Gasteiger charge is 2.15. The topological polar surface area (TPSA) is 74.6 Å². The fraction of sp³-hybridized carbons (Fsp3) is 0.812. The molecule has 0 aromatic rings. The minimum Gasteiger partial charge on any atom is -0.478 e. The molecule has 1 atom stereocenters. The second kappa shape index (κ2) is 28.0. The summed E-state index contributed by atoms with van der Waals surface area (Å²) >= 11 is 0. The van der Waals surface area contributed by atoms with Crippen molar-refractivity contribution in [2.45, 2.75) is 162 Å². The summed E-state index contributed by atoms with van der Waals surface area (Å²) in [5, 5.41) is 17.4. The first-order chi connectivity index (χ1) is 17.3. The molecule has 36 heavy (non-hydrogen) atoms. The number of aliphatic carboxylic acids is 2. The van der Waals surface area contributed by atoms with E-state index in [1.807, 2.05) is 6.92 Å². The Hall–Kier alpha value is -1.58. The van der Waals surface area contributed by atoms with Crippen molar-refractivity contribution in [2.75, 3.05) is 0 Å². The summed E-state index contributed by atoms with van der Waals surface area (Å²) in [6.45, 7) is 13.6.